The minimum absolute atomic E-state index is 0.0263. The summed E-state index contributed by atoms with van der Waals surface area (Å²) in [6.45, 7) is 0.609. The minimum Gasteiger partial charge on any atom is -0.330 e. The van der Waals surface area contributed by atoms with E-state index in [2.05, 4.69) is 4.98 Å². The molecule has 2 N–H and O–H groups in total. The van der Waals surface area contributed by atoms with Crippen molar-refractivity contribution in [2.24, 2.45) is 12.8 Å². The maximum atomic E-state index is 11.4. The third kappa shape index (κ3) is 1.92. The summed E-state index contributed by atoms with van der Waals surface area (Å²) in [4.78, 5) is 15.3. The summed E-state index contributed by atoms with van der Waals surface area (Å²) in [6, 6.07) is 0. The van der Waals surface area contributed by atoms with Crippen molar-refractivity contribution < 1.29 is 0 Å². The van der Waals surface area contributed by atoms with E-state index in [1.165, 1.54) is 10.9 Å². The number of hydrogen-bond donors (Lipinski definition) is 1. The van der Waals surface area contributed by atoms with Gasteiger partial charge in [-0.15, -0.1) is 0 Å². The van der Waals surface area contributed by atoms with Crippen molar-refractivity contribution in [3.05, 3.63) is 28.4 Å². The third-order valence-electron chi connectivity index (χ3n) is 1.72. The molecule has 0 fully saturated rings. The summed E-state index contributed by atoms with van der Waals surface area (Å²) >= 11 is 0. The van der Waals surface area contributed by atoms with Crippen molar-refractivity contribution in [3.8, 4) is 0 Å². The van der Waals surface area contributed by atoms with Crippen LogP contribution in [0.4, 0.5) is 0 Å². The molecule has 66 valence electrons. The van der Waals surface area contributed by atoms with E-state index in [1.54, 1.807) is 13.2 Å². The molecule has 0 aliphatic carbocycles. The van der Waals surface area contributed by atoms with Crippen molar-refractivity contribution in [1.82, 2.24) is 9.55 Å². The molecule has 0 aliphatic rings. The number of rotatable bonds is 3. The standard InChI is InChI=1S/C8H13N3O/c1-11-6-10-5-7(8(11)12)3-2-4-9/h5-6H,2-4,9H2,1H3. The molecule has 4 nitrogen and oxygen atoms in total. The lowest BCUT2D eigenvalue weighted by atomic mass is 10.2. The van der Waals surface area contributed by atoms with Crippen molar-refractivity contribution >= 4 is 0 Å². The molecule has 1 aromatic heterocycles. The highest BCUT2D eigenvalue weighted by Crippen LogP contribution is 1.92. The first-order valence-corrected chi connectivity index (χ1v) is 3.95. The monoisotopic (exact) mass is 167 g/mol. The second kappa shape index (κ2) is 4.01. The van der Waals surface area contributed by atoms with E-state index in [-0.39, 0.29) is 5.56 Å². The van der Waals surface area contributed by atoms with Gasteiger partial charge in [-0.1, -0.05) is 0 Å². The van der Waals surface area contributed by atoms with Gasteiger partial charge in [0.25, 0.3) is 5.56 Å². The molecule has 12 heavy (non-hydrogen) atoms. The molecule has 0 spiro atoms. The van der Waals surface area contributed by atoms with E-state index >= 15 is 0 Å². The van der Waals surface area contributed by atoms with E-state index < -0.39 is 0 Å². The van der Waals surface area contributed by atoms with Gasteiger partial charge >= 0.3 is 0 Å². The highest BCUT2D eigenvalue weighted by molar-refractivity contribution is 5.04. The normalized spacial score (nSPS) is 10.2. The molecule has 0 aromatic carbocycles. The maximum Gasteiger partial charge on any atom is 0.256 e. The Bertz CT molecular complexity index is 305. The van der Waals surface area contributed by atoms with Gasteiger partial charge in [0.2, 0.25) is 0 Å². The quantitative estimate of drug-likeness (QED) is 0.670. The molecular formula is C8H13N3O. The first kappa shape index (κ1) is 8.93. The van der Waals surface area contributed by atoms with Gasteiger partial charge in [0.15, 0.2) is 0 Å². The Morgan fingerprint density at radius 1 is 1.67 bits per heavy atom. The summed E-state index contributed by atoms with van der Waals surface area (Å²) < 4.78 is 1.48. The summed E-state index contributed by atoms with van der Waals surface area (Å²) in [5.41, 5.74) is 6.10. The zero-order chi connectivity index (χ0) is 8.97. The Kier molecular flexibility index (Phi) is 2.99. The van der Waals surface area contributed by atoms with E-state index in [0.29, 0.717) is 6.54 Å². The number of aryl methyl sites for hydroxylation is 2. The van der Waals surface area contributed by atoms with Crippen molar-refractivity contribution in [3.63, 3.8) is 0 Å². The van der Waals surface area contributed by atoms with Gasteiger partial charge in [-0.05, 0) is 19.4 Å². The Labute approximate surface area is 71.0 Å². The first-order chi connectivity index (χ1) is 5.75. The minimum atomic E-state index is 0.0263. The SMILES string of the molecule is Cn1cncc(CCCN)c1=O. The van der Waals surface area contributed by atoms with Crippen molar-refractivity contribution in [2.45, 2.75) is 12.8 Å². The Balaban J connectivity index is 2.85. The topological polar surface area (TPSA) is 60.9 Å². The van der Waals surface area contributed by atoms with Gasteiger partial charge in [-0.3, -0.25) is 4.79 Å². The van der Waals surface area contributed by atoms with E-state index in [0.717, 1.165) is 18.4 Å². The van der Waals surface area contributed by atoms with Gasteiger partial charge in [-0.25, -0.2) is 4.98 Å². The maximum absolute atomic E-state index is 11.4. The summed E-state index contributed by atoms with van der Waals surface area (Å²) in [6.07, 6.45) is 4.67. The van der Waals surface area contributed by atoms with Gasteiger partial charge in [0.05, 0.1) is 6.33 Å². The molecule has 0 bridgehead atoms. The lowest BCUT2D eigenvalue weighted by Crippen LogP contribution is -2.21. The molecule has 0 saturated heterocycles. The van der Waals surface area contributed by atoms with Crippen LogP contribution in [0.2, 0.25) is 0 Å². The Morgan fingerprint density at radius 2 is 2.42 bits per heavy atom. The van der Waals surface area contributed by atoms with Crippen LogP contribution in [0.3, 0.4) is 0 Å². The first-order valence-electron chi connectivity index (χ1n) is 3.95. The molecule has 0 atom stereocenters. The van der Waals surface area contributed by atoms with Crippen LogP contribution in [0.25, 0.3) is 0 Å². The second-order valence-corrected chi connectivity index (χ2v) is 2.73. The predicted octanol–water partition coefficient (Wildman–Crippen LogP) is -0.328. The lowest BCUT2D eigenvalue weighted by Gasteiger charge is -2.00. The van der Waals surface area contributed by atoms with Crippen LogP contribution in [-0.2, 0) is 13.5 Å². The van der Waals surface area contributed by atoms with Crippen molar-refractivity contribution in [2.75, 3.05) is 6.54 Å². The highest BCUT2D eigenvalue weighted by atomic mass is 16.1. The highest BCUT2D eigenvalue weighted by Gasteiger charge is 1.99. The fourth-order valence-electron chi connectivity index (χ4n) is 1.02. The molecule has 1 rings (SSSR count). The van der Waals surface area contributed by atoms with Crippen LogP contribution in [0.1, 0.15) is 12.0 Å². The van der Waals surface area contributed by atoms with Gasteiger partial charge < -0.3 is 10.3 Å². The van der Waals surface area contributed by atoms with Crippen molar-refractivity contribution in [1.29, 1.82) is 0 Å². The summed E-state index contributed by atoms with van der Waals surface area (Å²) in [5, 5.41) is 0. The number of hydrogen-bond acceptors (Lipinski definition) is 3. The molecule has 0 radical (unpaired) electrons. The molecule has 0 unspecified atom stereocenters. The van der Waals surface area contributed by atoms with Gasteiger partial charge in [-0.2, -0.15) is 0 Å². The number of nitrogens with zero attached hydrogens (tertiary/aromatic N) is 2. The number of aromatic nitrogens is 2. The van der Waals surface area contributed by atoms with E-state index in [4.69, 9.17) is 5.73 Å². The van der Waals surface area contributed by atoms with E-state index in [1.807, 2.05) is 0 Å². The van der Waals surface area contributed by atoms with Crippen LogP contribution in [-0.4, -0.2) is 16.1 Å². The van der Waals surface area contributed by atoms with Crippen LogP contribution >= 0.6 is 0 Å². The van der Waals surface area contributed by atoms with E-state index in [9.17, 15) is 4.79 Å². The lowest BCUT2D eigenvalue weighted by molar-refractivity contribution is 0.761. The smallest absolute Gasteiger partial charge is 0.256 e. The molecule has 4 heteroatoms. The largest absolute Gasteiger partial charge is 0.330 e. The molecular weight excluding hydrogens is 154 g/mol. The fraction of sp³-hybridized carbons (Fsp3) is 0.500. The average molecular weight is 167 g/mol. The predicted molar refractivity (Wildman–Crippen MR) is 46.9 cm³/mol. The molecule has 0 amide bonds. The second-order valence-electron chi connectivity index (χ2n) is 2.73. The molecule has 0 aliphatic heterocycles. The zero-order valence-electron chi connectivity index (χ0n) is 7.16. The summed E-state index contributed by atoms with van der Waals surface area (Å²) in [7, 11) is 1.70. The summed E-state index contributed by atoms with van der Waals surface area (Å²) in [5.74, 6) is 0. The van der Waals surface area contributed by atoms with Crippen LogP contribution in [0.15, 0.2) is 17.3 Å². The van der Waals surface area contributed by atoms with Gasteiger partial charge in [0.1, 0.15) is 0 Å². The average Bonchev–Trinajstić information content (AvgIpc) is 2.08. The number of nitrogens with two attached hydrogens (primary N) is 1. The Morgan fingerprint density at radius 3 is 3.08 bits per heavy atom. The molecule has 0 saturated carbocycles. The molecule has 1 heterocycles. The van der Waals surface area contributed by atoms with Crippen LogP contribution in [0, 0.1) is 0 Å². The zero-order valence-corrected chi connectivity index (χ0v) is 7.16. The van der Waals surface area contributed by atoms with Crippen LogP contribution in [0.5, 0.6) is 0 Å². The Hall–Kier alpha value is -1.16. The van der Waals surface area contributed by atoms with Crippen LogP contribution < -0.4 is 11.3 Å². The fourth-order valence-corrected chi connectivity index (χ4v) is 1.02. The van der Waals surface area contributed by atoms with Gasteiger partial charge in [0, 0.05) is 18.8 Å². The molecule has 1 aromatic rings. The third-order valence-corrected chi connectivity index (χ3v) is 1.72.